The number of anilines is 1. The second-order valence-electron chi connectivity index (χ2n) is 8.62. The van der Waals surface area contributed by atoms with Crippen LogP contribution in [0.15, 0.2) is 75.6 Å². The van der Waals surface area contributed by atoms with Crippen LogP contribution in [0.25, 0.3) is 11.7 Å². The molecule has 2 aromatic heterocycles. The number of furan rings is 1. The zero-order valence-corrected chi connectivity index (χ0v) is 20.4. The van der Waals surface area contributed by atoms with Gasteiger partial charge in [0.15, 0.2) is 12.4 Å². The Kier molecular flexibility index (Phi) is 7.08. The Labute approximate surface area is 214 Å². The van der Waals surface area contributed by atoms with Gasteiger partial charge in [-0.15, -0.1) is 0 Å². The normalized spacial score (nSPS) is 13.3. The summed E-state index contributed by atoms with van der Waals surface area (Å²) in [6.07, 6.45) is 0. The lowest BCUT2D eigenvalue weighted by Crippen LogP contribution is -2.50. The van der Waals surface area contributed by atoms with Crippen molar-refractivity contribution in [1.82, 2.24) is 9.88 Å². The molecule has 0 unspecified atom stereocenters. The van der Waals surface area contributed by atoms with Crippen LogP contribution in [0.5, 0.6) is 11.5 Å². The van der Waals surface area contributed by atoms with Crippen LogP contribution in [0, 0.1) is 18.3 Å². The Hall–Kier alpha value is -4.71. The summed E-state index contributed by atoms with van der Waals surface area (Å²) in [7, 11) is 0. The zero-order chi connectivity index (χ0) is 25.6. The lowest BCUT2D eigenvalue weighted by molar-refractivity contribution is -0.133. The number of oxazole rings is 1. The minimum absolute atomic E-state index is 0.0201. The highest BCUT2D eigenvalue weighted by molar-refractivity contribution is 5.78. The molecule has 0 aliphatic carbocycles. The number of para-hydroxylation sites is 1. The smallest absolute Gasteiger partial charge is 0.266 e. The van der Waals surface area contributed by atoms with Gasteiger partial charge >= 0.3 is 0 Å². The van der Waals surface area contributed by atoms with E-state index in [1.54, 1.807) is 17.0 Å². The Morgan fingerprint density at radius 2 is 1.68 bits per heavy atom. The molecule has 1 saturated heterocycles. The van der Waals surface area contributed by atoms with Gasteiger partial charge in [0.25, 0.3) is 11.8 Å². The molecule has 0 atom stereocenters. The fourth-order valence-electron chi connectivity index (χ4n) is 3.98. The van der Waals surface area contributed by atoms with Crippen molar-refractivity contribution in [3.8, 4) is 29.2 Å². The van der Waals surface area contributed by atoms with Gasteiger partial charge in [0.1, 0.15) is 29.9 Å². The van der Waals surface area contributed by atoms with E-state index < -0.39 is 0 Å². The van der Waals surface area contributed by atoms with E-state index >= 15 is 0 Å². The lowest BCUT2D eigenvalue weighted by atomic mass is 10.2. The number of nitriles is 1. The van der Waals surface area contributed by atoms with Gasteiger partial charge in [0.2, 0.25) is 11.6 Å². The molecular weight excluding hydrogens is 472 g/mol. The van der Waals surface area contributed by atoms with Gasteiger partial charge in [-0.2, -0.15) is 10.2 Å². The van der Waals surface area contributed by atoms with Crippen LogP contribution in [0.4, 0.5) is 5.88 Å². The molecule has 37 heavy (non-hydrogen) atoms. The summed E-state index contributed by atoms with van der Waals surface area (Å²) in [6, 6.07) is 22.7. The molecule has 9 nitrogen and oxygen atoms in total. The predicted octanol–water partition coefficient (Wildman–Crippen LogP) is 4.42. The average molecular weight is 499 g/mol. The van der Waals surface area contributed by atoms with E-state index in [0.29, 0.717) is 49.3 Å². The van der Waals surface area contributed by atoms with E-state index in [0.717, 1.165) is 11.3 Å². The number of amides is 1. The first-order valence-corrected chi connectivity index (χ1v) is 12.0. The first-order chi connectivity index (χ1) is 18.1. The molecule has 4 aromatic rings. The monoisotopic (exact) mass is 498 g/mol. The van der Waals surface area contributed by atoms with Crippen molar-refractivity contribution in [2.45, 2.75) is 13.5 Å². The Bertz CT molecular complexity index is 1380. The van der Waals surface area contributed by atoms with Crippen LogP contribution in [-0.4, -0.2) is 48.6 Å². The molecule has 0 saturated carbocycles. The standard InChI is InChI=1S/C28H26N4O5/c1-20-7-9-22(10-8-20)35-19-26(33)31-13-15-32(16-14-31)28-24(17-29)30-27(37-28)25-12-11-23(36-25)18-34-21-5-3-2-4-6-21/h2-12H,13-16,18-19H2,1H3. The van der Waals surface area contributed by atoms with Crippen molar-refractivity contribution >= 4 is 11.8 Å². The molecule has 3 heterocycles. The average Bonchev–Trinajstić information content (AvgIpc) is 3.59. The number of nitrogens with zero attached hydrogens (tertiary/aromatic N) is 4. The van der Waals surface area contributed by atoms with Gasteiger partial charge in [0, 0.05) is 26.2 Å². The van der Waals surface area contributed by atoms with Crippen molar-refractivity contribution in [3.05, 3.63) is 83.7 Å². The Balaban J connectivity index is 1.17. The van der Waals surface area contributed by atoms with Crippen LogP contribution in [-0.2, 0) is 11.4 Å². The molecule has 0 radical (unpaired) electrons. The van der Waals surface area contributed by atoms with E-state index in [9.17, 15) is 10.1 Å². The highest BCUT2D eigenvalue weighted by Gasteiger charge is 2.27. The summed E-state index contributed by atoms with van der Waals surface area (Å²) >= 11 is 0. The van der Waals surface area contributed by atoms with E-state index in [1.165, 1.54) is 0 Å². The minimum atomic E-state index is -0.0835. The van der Waals surface area contributed by atoms with Crippen molar-refractivity contribution in [2.24, 2.45) is 0 Å². The molecule has 0 spiro atoms. The highest BCUT2D eigenvalue weighted by atomic mass is 16.5. The molecule has 1 amide bonds. The molecule has 0 bridgehead atoms. The number of rotatable bonds is 8. The molecule has 9 heteroatoms. The number of carbonyl (C=O) groups excluding carboxylic acids is 1. The maximum absolute atomic E-state index is 12.6. The largest absolute Gasteiger partial charge is 0.486 e. The maximum Gasteiger partial charge on any atom is 0.266 e. The van der Waals surface area contributed by atoms with Crippen LogP contribution in [0.1, 0.15) is 17.0 Å². The summed E-state index contributed by atoms with van der Waals surface area (Å²) in [5.74, 6) is 2.94. The third-order valence-electron chi connectivity index (χ3n) is 6.01. The van der Waals surface area contributed by atoms with Crippen LogP contribution >= 0.6 is 0 Å². The van der Waals surface area contributed by atoms with Crippen LogP contribution in [0.3, 0.4) is 0 Å². The third-order valence-corrected chi connectivity index (χ3v) is 6.01. The Morgan fingerprint density at radius 3 is 2.41 bits per heavy atom. The van der Waals surface area contributed by atoms with Crippen LogP contribution in [0.2, 0.25) is 0 Å². The number of piperazine rings is 1. The van der Waals surface area contributed by atoms with Crippen molar-refractivity contribution < 1.29 is 23.1 Å². The van der Waals surface area contributed by atoms with Gasteiger partial charge in [-0.3, -0.25) is 4.79 Å². The molecule has 1 aliphatic rings. The van der Waals surface area contributed by atoms with Gasteiger partial charge in [0.05, 0.1) is 0 Å². The zero-order valence-electron chi connectivity index (χ0n) is 20.4. The molecule has 1 fully saturated rings. The van der Waals surface area contributed by atoms with E-state index in [2.05, 4.69) is 11.1 Å². The third kappa shape index (κ3) is 5.76. The predicted molar refractivity (Wildman–Crippen MR) is 135 cm³/mol. The first kappa shape index (κ1) is 24.0. The molecule has 188 valence electrons. The van der Waals surface area contributed by atoms with Gasteiger partial charge in [-0.1, -0.05) is 35.9 Å². The first-order valence-electron chi connectivity index (χ1n) is 12.0. The lowest BCUT2D eigenvalue weighted by Gasteiger charge is -2.34. The van der Waals surface area contributed by atoms with Crippen molar-refractivity contribution in [2.75, 3.05) is 37.7 Å². The van der Waals surface area contributed by atoms with E-state index in [4.69, 9.17) is 18.3 Å². The highest BCUT2D eigenvalue weighted by Crippen LogP contribution is 2.30. The number of ether oxygens (including phenoxy) is 2. The summed E-state index contributed by atoms with van der Waals surface area (Å²) < 4.78 is 23.1. The maximum atomic E-state index is 12.6. The topological polar surface area (TPSA) is 105 Å². The molecule has 1 aliphatic heterocycles. The van der Waals surface area contributed by atoms with E-state index in [-0.39, 0.29) is 30.7 Å². The summed E-state index contributed by atoms with van der Waals surface area (Å²) in [5, 5.41) is 9.63. The number of benzene rings is 2. The SMILES string of the molecule is Cc1ccc(OCC(=O)N2CCN(c3oc(-c4ccc(COc5ccccc5)o4)nc3C#N)CC2)cc1. The number of hydrogen-bond donors (Lipinski definition) is 0. The quantitative estimate of drug-likeness (QED) is 0.352. The number of hydrogen-bond acceptors (Lipinski definition) is 8. The van der Waals surface area contributed by atoms with Crippen molar-refractivity contribution in [3.63, 3.8) is 0 Å². The van der Waals surface area contributed by atoms with Gasteiger partial charge < -0.3 is 28.1 Å². The molecule has 0 N–H and O–H groups in total. The van der Waals surface area contributed by atoms with Gasteiger partial charge in [-0.05, 0) is 43.3 Å². The second-order valence-corrected chi connectivity index (χ2v) is 8.62. The molecule has 5 rings (SSSR count). The molecular formula is C28H26N4O5. The van der Waals surface area contributed by atoms with E-state index in [1.807, 2.05) is 66.4 Å². The fraction of sp³-hybridized carbons (Fsp3) is 0.250. The van der Waals surface area contributed by atoms with Crippen molar-refractivity contribution in [1.29, 1.82) is 5.26 Å². The number of aryl methyl sites for hydroxylation is 1. The summed E-state index contributed by atoms with van der Waals surface area (Å²) in [6.45, 7) is 4.22. The van der Waals surface area contributed by atoms with Crippen LogP contribution < -0.4 is 14.4 Å². The minimum Gasteiger partial charge on any atom is -0.486 e. The second kappa shape index (κ2) is 10.9. The molecule has 2 aromatic carbocycles. The summed E-state index contributed by atoms with van der Waals surface area (Å²) in [4.78, 5) is 20.6. The summed E-state index contributed by atoms with van der Waals surface area (Å²) in [5.41, 5.74) is 1.31. The Morgan fingerprint density at radius 1 is 0.946 bits per heavy atom. The number of carbonyl (C=O) groups is 1. The van der Waals surface area contributed by atoms with Gasteiger partial charge in [-0.25, -0.2) is 0 Å². The fourth-order valence-corrected chi connectivity index (χ4v) is 3.98. The number of aromatic nitrogens is 1.